The molecule has 0 aromatic rings. The van der Waals surface area contributed by atoms with Crippen molar-refractivity contribution >= 4 is 17.0 Å². The first-order valence-electron chi connectivity index (χ1n) is 3.84. The summed E-state index contributed by atoms with van der Waals surface area (Å²) in [7, 11) is 0. The van der Waals surface area contributed by atoms with E-state index in [2.05, 4.69) is 0 Å². The largest absolute Gasteiger partial charge is 0.329 e. The monoisotopic (exact) mass is 197 g/mol. The van der Waals surface area contributed by atoms with Gasteiger partial charge in [0.15, 0.2) is 0 Å². The van der Waals surface area contributed by atoms with Crippen LogP contribution in [0.25, 0.3) is 0 Å². The SMILES string of the molecule is O=C(Cl)N1CCC(C(F)F)CC1. The van der Waals surface area contributed by atoms with E-state index >= 15 is 0 Å². The number of nitrogens with zero attached hydrogens (tertiary/aromatic N) is 1. The van der Waals surface area contributed by atoms with Crippen LogP contribution < -0.4 is 0 Å². The van der Waals surface area contributed by atoms with Gasteiger partial charge in [0.05, 0.1) is 0 Å². The van der Waals surface area contributed by atoms with Gasteiger partial charge in [-0.15, -0.1) is 0 Å². The second-order valence-corrected chi connectivity index (χ2v) is 3.24. The molecule has 1 fully saturated rings. The van der Waals surface area contributed by atoms with Crippen molar-refractivity contribution in [3.05, 3.63) is 0 Å². The van der Waals surface area contributed by atoms with Gasteiger partial charge in [0, 0.05) is 19.0 Å². The summed E-state index contributed by atoms with van der Waals surface area (Å²) in [6.45, 7) is 0.717. The van der Waals surface area contributed by atoms with E-state index in [0.29, 0.717) is 25.9 Å². The molecule has 0 aliphatic carbocycles. The number of hydrogen-bond donors (Lipinski definition) is 0. The maximum absolute atomic E-state index is 12.1. The summed E-state index contributed by atoms with van der Waals surface area (Å²) in [6, 6.07) is 0. The Labute approximate surface area is 74.5 Å². The van der Waals surface area contributed by atoms with E-state index in [0.717, 1.165) is 0 Å². The minimum absolute atomic E-state index is 0.357. The van der Waals surface area contributed by atoms with Crippen molar-refractivity contribution in [2.45, 2.75) is 19.3 Å². The van der Waals surface area contributed by atoms with Gasteiger partial charge in [-0.3, -0.25) is 4.79 Å². The summed E-state index contributed by atoms with van der Waals surface area (Å²) in [5, 5.41) is -0.539. The molecule has 0 N–H and O–H groups in total. The minimum Gasteiger partial charge on any atom is -0.329 e. The van der Waals surface area contributed by atoms with Crippen LogP contribution in [0.2, 0.25) is 0 Å². The maximum Gasteiger partial charge on any atom is 0.316 e. The Bertz CT molecular complexity index is 169. The van der Waals surface area contributed by atoms with E-state index in [1.165, 1.54) is 4.90 Å². The van der Waals surface area contributed by atoms with Crippen molar-refractivity contribution < 1.29 is 13.6 Å². The molecule has 70 valence electrons. The summed E-state index contributed by atoms with van der Waals surface area (Å²) in [5.41, 5.74) is 0. The van der Waals surface area contributed by atoms with E-state index in [4.69, 9.17) is 11.6 Å². The molecule has 1 aliphatic heterocycles. The highest BCUT2D eigenvalue weighted by molar-refractivity contribution is 6.62. The highest BCUT2D eigenvalue weighted by atomic mass is 35.5. The first kappa shape index (κ1) is 9.71. The zero-order chi connectivity index (χ0) is 9.14. The number of piperidine rings is 1. The molecular weight excluding hydrogens is 188 g/mol. The standard InChI is InChI=1S/C7H10ClF2NO/c8-7(12)11-3-1-5(2-4-11)6(9)10/h5-6H,1-4H2. The number of rotatable bonds is 1. The zero-order valence-corrected chi connectivity index (χ0v) is 7.23. The fraction of sp³-hybridized carbons (Fsp3) is 0.857. The van der Waals surface area contributed by atoms with Gasteiger partial charge in [-0.25, -0.2) is 8.78 Å². The van der Waals surface area contributed by atoms with E-state index < -0.39 is 17.7 Å². The first-order chi connectivity index (χ1) is 5.61. The van der Waals surface area contributed by atoms with Crippen molar-refractivity contribution in [3.63, 3.8) is 0 Å². The number of carbonyl (C=O) groups is 1. The molecule has 1 saturated heterocycles. The Balaban J connectivity index is 2.34. The van der Waals surface area contributed by atoms with Gasteiger partial charge in [-0.05, 0) is 24.4 Å². The van der Waals surface area contributed by atoms with E-state index in [1.54, 1.807) is 0 Å². The van der Waals surface area contributed by atoms with E-state index in [-0.39, 0.29) is 0 Å². The van der Waals surface area contributed by atoms with Gasteiger partial charge in [0.1, 0.15) is 0 Å². The van der Waals surface area contributed by atoms with Crippen LogP contribution in [0.5, 0.6) is 0 Å². The number of alkyl halides is 2. The smallest absolute Gasteiger partial charge is 0.316 e. The third kappa shape index (κ3) is 2.30. The molecule has 12 heavy (non-hydrogen) atoms. The molecule has 1 heterocycles. The topological polar surface area (TPSA) is 20.3 Å². The van der Waals surface area contributed by atoms with Gasteiger partial charge >= 0.3 is 5.37 Å². The molecule has 0 atom stereocenters. The molecule has 1 rings (SSSR count). The van der Waals surface area contributed by atoms with Gasteiger partial charge in [-0.1, -0.05) is 0 Å². The second kappa shape index (κ2) is 4.03. The number of amides is 1. The normalized spacial score (nSPS) is 20.2. The quantitative estimate of drug-likeness (QED) is 0.467. The van der Waals surface area contributed by atoms with Gasteiger partial charge in [0.25, 0.3) is 0 Å². The highest BCUT2D eigenvalue weighted by Crippen LogP contribution is 2.23. The van der Waals surface area contributed by atoms with Crippen molar-refractivity contribution in [3.8, 4) is 0 Å². The number of likely N-dealkylation sites (tertiary alicyclic amines) is 1. The third-order valence-corrected chi connectivity index (χ3v) is 2.38. The van der Waals surface area contributed by atoms with E-state index in [1.807, 2.05) is 0 Å². The molecule has 0 unspecified atom stereocenters. The fourth-order valence-corrected chi connectivity index (χ4v) is 1.50. The number of halogens is 3. The van der Waals surface area contributed by atoms with Crippen LogP contribution in [0.1, 0.15) is 12.8 Å². The Morgan fingerprint density at radius 2 is 1.92 bits per heavy atom. The lowest BCUT2D eigenvalue weighted by molar-refractivity contribution is 0.0442. The molecule has 2 nitrogen and oxygen atoms in total. The van der Waals surface area contributed by atoms with Gasteiger partial charge < -0.3 is 4.90 Å². The van der Waals surface area contributed by atoms with E-state index in [9.17, 15) is 13.6 Å². The Kier molecular flexibility index (Phi) is 3.26. The summed E-state index contributed by atoms with van der Waals surface area (Å²) in [5.74, 6) is -0.558. The first-order valence-corrected chi connectivity index (χ1v) is 4.21. The predicted octanol–water partition coefficient (Wildman–Crippen LogP) is 2.32. The van der Waals surface area contributed by atoms with Crippen molar-refractivity contribution in [2.75, 3.05) is 13.1 Å². The molecule has 0 saturated carbocycles. The molecule has 0 bridgehead atoms. The number of carbonyl (C=O) groups excluding carboxylic acids is 1. The maximum atomic E-state index is 12.1. The molecular formula is C7H10ClF2NO. The van der Waals surface area contributed by atoms with Crippen LogP contribution in [-0.2, 0) is 0 Å². The molecule has 1 aliphatic rings. The van der Waals surface area contributed by atoms with Crippen LogP contribution in [0, 0.1) is 5.92 Å². The van der Waals surface area contributed by atoms with Crippen LogP contribution in [0.3, 0.4) is 0 Å². The van der Waals surface area contributed by atoms with Crippen LogP contribution >= 0.6 is 11.6 Å². The Hall–Kier alpha value is -0.380. The van der Waals surface area contributed by atoms with Crippen molar-refractivity contribution in [2.24, 2.45) is 5.92 Å². The summed E-state index contributed by atoms with van der Waals surface area (Å²) >= 11 is 5.18. The third-order valence-electron chi connectivity index (χ3n) is 2.14. The molecule has 0 radical (unpaired) electrons. The molecule has 0 aromatic heterocycles. The molecule has 0 aromatic carbocycles. The lowest BCUT2D eigenvalue weighted by Crippen LogP contribution is -2.37. The average molecular weight is 198 g/mol. The minimum atomic E-state index is -2.27. The van der Waals surface area contributed by atoms with Crippen LogP contribution in [0.4, 0.5) is 13.6 Å². The van der Waals surface area contributed by atoms with Crippen LogP contribution in [0.15, 0.2) is 0 Å². The highest BCUT2D eigenvalue weighted by Gasteiger charge is 2.27. The van der Waals surface area contributed by atoms with Gasteiger partial charge in [0.2, 0.25) is 6.43 Å². The summed E-state index contributed by atoms with van der Waals surface area (Å²) < 4.78 is 24.2. The fourth-order valence-electron chi connectivity index (χ4n) is 1.33. The van der Waals surface area contributed by atoms with Crippen molar-refractivity contribution in [1.29, 1.82) is 0 Å². The summed E-state index contributed by atoms with van der Waals surface area (Å²) in [6.07, 6.45) is -1.55. The van der Waals surface area contributed by atoms with Gasteiger partial charge in [-0.2, -0.15) is 0 Å². The Morgan fingerprint density at radius 3 is 2.25 bits per heavy atom. The summed E-state index contributed by atoms with van der Waals surface area (Å²) in [4.78, 5) is 12.0. The van der Waals surface area contributed by atoms with Crippen molar-refractivity contribution in [1.82, 2.24) is 4.90 Å². The average Bonchev–Trinajstić information content (AvgIpc) is 2.04. The zero-order valence-electron chi connectivity index (χ0n) is 6.47. The second-order valence-electron chi connectivity index (χ2n) is 2.91. The van der Waals surface area contributed by atoms with Crippen LogP contribution in [-0.4, -0.2) is 29.8 Å². The lowest BCUT2D eigenvalue weighted by Gasteiger charge is -2.29. The number of hydrogen-bond acceptors (Lipinski definition) is 1. The lowest BCUT2D eigenvalue weighted by atomic mass is 9.98. The molecule has 5 heteroatoms. The molecule has 1 amide bonds. The predicted molar refractivity (Wildman–Crippen MR) is 41.6 cm³/mol. The Morgan fingerprint density at radius 1 is 1.42 bits per heavy atom. The molecule has 0 spiro atoms.